The summed E-state index contributed by atoms with van der Waals surface area (Å²) in [6, 6.07) is 13.4. The zero-order valence-corrected chi connectivity index (χ0v) is 20.5. The van der Waals surface area contributed by atoms with E-state index in [1.807, 2.05) is 43.4 Å². The van der Waals surface area contributed by atoms with E-state index in [-0.39, 0.29) is 43.1 Å². The number of nitrogens with zero attached hydrogens (tertiary/aromatic N) is 3. The van der Waals surface area contributed by atoms with Crippen LogP contribution in [0.15, 0.2) is 55.0 Å². The molecule has 1 atom stereocenters. The SMILES string of the molecule is Cc1c2ccccc2nc2c1c1cc(NC(=O)[C@@H](N)Cc3cnc[nH]3)ccc1n2C.Cl.Cl.Cl. The summed E-state index contributed by atoms with van der Waals surface area (Å²) in [5.41, 5.74) is 11.8. The van der Waals surface area contributed by atoms with E-state index in [4.69, 9.17) is 10.7 Å². The van der Waals surface area contributed by atoms with Gasteiger partial charge >= 0.3 is 0 Å². The maximum Gasteiger partial charge on any atom is 0.241 e. The number of rotatable bonds is 4. The molecule has 5 aromatic rings. The average molecular weight is 508 g/mol. The van der Waals surface area contributed by atoms with Gasteiger partial charge in [0.15, 0.2) is 0 Å². The highest BCUT2D eigenvalue weighted by Crippen LogP contribution is 2.34. The summed E-state index contributed by atoms with van der Waals surface area (Å²) < 4.78 is 2.10. The first-order valence-corrected chi connectivity index (χ1v) is 9.84. The fourth-order valence-electron chi connectivity index (χ4n) is 4.11. The third-order valence-electron chi connectivity index (χ3n) is 5.68. The maximum absolute atomic E-state index is 12.6. The highest BCUT2D eigenvalue weighted by atomic mass is 35.5. The average Bonchev–Trinajstić information content (AvgIpc) is 3.35. The van der Waals surface area contributed by atoms with Crippen LogP contribution in [0.1, 0.15) is 11.3 Å². The highest BCUT2D eigenvalue weighted by Gasteiger charge is 2.18. The van der Waals surface area contributed by atoms with Gasteiger partial charge in [-0.2, -0.15) is 0 Å². The Morgan fingerprint density at radius 3 is 2.64 bits per heavy atom. The topological polar surface area (TPSA) is 102 Å². The first-order chi connectivity index (χ1) is 14.5. The van der Waals surface area contributed by atoms with E-state index in [2.05, 4.69) is 32.8 Å². The van der Waals surface area contributed by atoms with Crippen LogP contribution in [0.5, 0.6) is 0 Å². The van der Waals surface area contributed by atoms with Crippen molar-refractivity contribution in [2.45, 2.75) is 19.4 Å². The number of aryl methyl sites for hydroxylation is 2. The van der Waals surface area contributed by atoms with Crippen LogP contribution in [-0.2, 0) is 18.3 Å². The van der Waals surface area contributed by atoms with Crippen molar-refractivity contribution < 1.29 is 4.79 Å². The molecular formula is C23H25Cl3N6O. The molecule has 5 rings (SSSR count). The van der Waals surface area contributed by atoms with E-state index in [1.54, 1.807) is 12.5 Å². The number of aromatic amines is 1. The van der Waals surface area contributed by atoms with Crippen molar-refractivity contribution in [3.05, 3.63) is 66.2 Å². The van der Waals surface area contributed by atoms with Gasteiger partial charge in [0, 0.05) is 47.2 Å². The summed E-state index contributed by atoms with van der Waals surface area (Å²) in [5.74, 6) is -0.232. The standard InChI is InChI=1S/C23H22N6O.3ClH/c1-13-16-5-3-4-6-19(16)28-22-21(13)17-9-14(7-8-20(17)29(22)2)27-23(30)18(24)10-15-11-25-12-26-15;;;/h3-9,11-12,18H,10,24H2,1-2H3,(H,25,26)(H,27,30);3*1H/t18-;;;/m0.../s1. The summed E-state index contributed by atoms with van der Waals surface area (Å²) >= 11 is 0. The monoisotopic (exact) mass is 506 g/mol. The number of amides is 1. The quantitative estimate of drug-likeness (QED) is 0.328. The zero-order chi connectivity index (χ0) is 20.8. The molecule has 4 N–H and O–H groups in total. The van der Waals surface area contributed by atoms with Gasteiger partial charge < -0.3 is 20.6 Å². The van der Waals surface area contributed by atoms with Crippen molar-refractivity contribution in [1.82, 2.24) is 19.5 Å². The van der Waals surface area contributed by atoms with Crippen LogP contribution >= 0.6 is 37.2 Å². The Balaban J connectivity index is 0.00000128. The molecule has 174 valence electrons. The van der Waals surface area contributed by atoms with Crippen molar-refractivity contribution in [1.29, 1.82) is 0 Å². The minimum absolute atomic E-state index is 0. The summed E-state index contributed by atoms with van der Waals surface area (Å²) in [6.45, 7) is 2.12. The van der Waals surface area contributed by atoms with Gasteiger partial charge in [0.1, 0.15) is 5.65 Å². The second kappa shape index (κ2) is 10.4. The van der Waals surface area contributed by atoms with Gasteiger partial charge in [0.25, 0.3) is 0 Å². The molecular weight excluding hydrogens is 483 g/mol. The smallest absolute Gasteiger partial charge is 0.241 e. The number of nitrogens with one attached hydrogen (secondary N) is 2. The van der Waals surface area contributed by atoms with Gasteiger partial charge in [0.05, 0.1) is 23.4 Å². The predicted octanol–water partition coefficient (Wildman–Crippen LogP) is 4.69. The summed E-state index contributed by atoms with van der Waals surface area (Å²) in [4.78, 5) is 24.4. The largest absolute Gasteiger partial charge is 0.348 e. The van der Waals surface area contributed by atoms with Crippen LogP contribution in [0.3, 0.4) is 0 Å². The molecule has 0 aliphatic carbocycles. The van der Waals surface area contributed by atoms with Gasteiger partial charge in [-0.1, -0.05) is 18.2 Å². The number of fused-ring (bicyclic) bond motifs is 4. The number of benzene rings is 2. The van der Waals surface area contributed by atoms with E-state index < -0.39 is 6.04 Å². The molecule has 0 aliphatic rings. The summed E-state index contributed by atoms with van der Waals surface area (Å²) in [7, 11) is 2.02. The molecule has 7 nitrogen and oxygen atoms in total. The maximum atomic E-state index is 12.6. The number of H-pyrrole nitrogens is 1. The number of halogens is 3. The molecule has 3 aromatic heterocycles. The Labute approximate surface area is 209 Å². The molecule has 0 spiro atoms. The van der Waals surface area contributed by atoms with Crippen LogP contribution in [0.25, 0.3) is 32.8 Å². The Bertz CT molecular complexity index is 1410. The van der Waals surface area contributed by atoms with Gasteiger partial charge in [-0.3, -0.25) is 4.79 Å². The van der Waals surface area contributed by atoms with Crippen molar-refractivity contribution in [3.63, 3.8) is 0 Å². The number of anilines is 1. The number of imidazole rings is 1. The Hall–Kier alpha value is -2.84. The lowest BCUT2D eigenvalue weighted by atomic mass is 10.0. The number of nitrogens with two attached hydrogens (primary N) is 1. The number of hydrogen-bond donors (Lipinski definition) is 3. The molecule has 0 saturated heterocycles. The number of carbonyl (C=O) groups excluding carboxylic acids is 1. The second-order valence-electron chi connectivity index (χ2n) is 7.62. The number of hydrogen-bond acceptors (Lipinski definition) is 4. The van der Waals surface area contributed by atoms with E-state index in [1.165, 1.54) is 5.56 Å². The predicted molar refractivity (Wildman–Crippen MR) is 141 cm³/mol. The molecule has 33 heavy (non-hydrogen) atoms. The lowest BCUT2D eigenvalue weighted by Gasteiger charge is -2.11. The number of pyridine rings is 1. The molecule has 0 bridgehead atoms. The normalized spacial score (nSPS) is 11.5. The molecule has 2 aromatic carbocycles. The summed E-state index contributed by atoms with van der Waals surface area (Å²) in [6.07, 6.45) is 3.65. The lowest BCUT2D eigenvalue weighted by molar-refractivity contribution is -0.117. The van der Waals surface area contributed by atoms with Gasteiger partial charge in [-0.15, -0.1) is 37.2 Å². The molecule has 3 heterocycles. The molecule has 0 unspecified atom stereocenters. The minimum atomic E-state index is -0.666. The van der Waals surface area contributed by atoms with Crippen molar-refractivity contribution in [2.75, 3.05) is 5.32 Å². The van der Waals surface area contributed by atoms with Gasteiger partial charge in [0.2, 0.25) is 5.91 Å². The van der Waals surface area contributed by atoms with Crippen molar-refractivity contribution in [3.8, 4) is 0 Å². The van der Waals surface area contributed by atoms with E-state index in [0.29, 0.717) is 12.1 Å². The Kier molecular flexibility index (Phi) is 8.32. The fourth-order valence-corrected chi connectivity index (χ4v) is 4.11. The van der Waals surface area contributed by atoms with Crippen LogP contribution in [0.2, 0.25) is 0 Å². The molecule has 10 heteroatoms. The Morgan fingerprint density at radius 1 is 1.15 bits per heavy atom. The molecule has 0 radical (unpaired) electrons. The third-order valence-corrected chi connectivity index (χ3v) is 5.68. The van der Waals surface area contributed by atoms with Crippen LogP contribution in [-0.4, -0.2) is 31.5 Å². The first-order valence-electron chi connectivity index (χ1n) is 9.84. The molecule has 1 amide bonds. The molecule has 0 aliphatic heterocycles. The van der Waals surface area contributed by atoms with Gasteiger partial charge in [-0.05, 0) is 36.8 Å². The van der Waals surface area contributed by atoms with Crippen molar-refractivity contribution in [2.24, 2.45) is 12.8 Å². The number of para-hydroxylation sites is 1. The molecule has 0 saturated carbocycles. The first kappa shape index (κ1) is 26.4. The fraction of sp³-hybridized carbons (Fsp3) is 0.174. The lowest BCUT2D eigenvalue weighted by Crippen LogP contribution is -2.37. The van der Waals surface area contributed by atoms with Crippen LogP contribution in [0.4, 0.5) is 5.69 Å². The van der Waals surface area contributed by atoms with Gasteiger partial charge in [-0.25, -0.2) is 9.97 Å². The second-order valence-corrected chi connectivity index (χ2v) is 7.62. The third kappa shape index (κ3) is 4.63. The van der Waals surface area contributed by atoms with Crippen LogP contribution in [0, 0.1) is 6.92 Å². The Morgan fingerprint density at radius 2 is 1.91 bits per heavy atom. The summed E-state index contributed by atoms with van der Waals surface area (Å²) in [5, 5.41) is 6.24. The van der Waals surface area contributed by atoms with E-state index in [0.717, 1.165) is 38.5 Å². The van der Waals surface area contributed by atoms with E-state index in [9.17, 15) is 4.79 Å². The highest BCUT2D eigenvalue weighted by molar-refractivity contribution is 6.13. The van der Waals surface area contributed by atoms with Crippen LogP contribution < -0.4 is 11.1 Å². The van der Waals surface area contributed by atoms with Crippen molar-refractivity contribution >= 4 is 81.7 Å². The number of carbonyl (C=O) groups is 1. The zero-order valence-electron chi connectivity index (χ0n) is 18.0. The number of aromatic nitrogens is 4. The van der Waals surface area contributed by atoms with E-state index >= 15 is 0 Å². The minimum Gasteiger partial charge on any atom is -0.348 e. The molecule has 0 fully saturated rings.